The van der Waals surface area contributed by atoms with Gasteiger partial charge in [-0.2, -0.15) is 0 Å². The minimum atomic E-state index is -1.33. The van der Waals surface area contributed by atoms with Crippen LogP contribution in [0.2, 0.25) is 0 Å². The zero-order valence-corrected chi connectivity index (χ0v) is 54.6. The van der Waals surface area contributed by atoms with E-state index < -0.39 is 69.5 Å². The smallest absolute Gasteiger partial charge is 0.407 e. The summed E-state index contributed by atoms with van der Waals surface area (Å²) in [6.45, 7) is 13.6. The maximum Gasteiger partial charge on any atom is 0.407 e. The van der Waals surface area contributed by atoms with E-state index in [0.29, 0.717) is 25.7 Å². The Morgan fingerprint density at radius 1 is 0.456 bits per heavy atom. The molecule has 4 N–H and O–H groups in total. The van der Waals surface area contributed by atoms with E-state index in [0.717, 1.165) is 25.7 Å². The highest BCUT2D eigenvalue weighted by Gasteiger charge is 2.34. The predicted octanol–water partition coefficient (Wildman–Crippen LogP) is 5.23. The lowest BCUT2D eigenvalue weighted by atomic mass is 10.0. The first kappa shape index (κ1) is 74.0. The standard InChI is InChI=1S/C64H96N10O16/c1-12-16-39-86-50-45(24-35-69(8)59(50)80)54(75)65-28-21-33-73(57(78)47-26-37-71(10)61(82)52(47)88-41-18-14-3)32-20-23-49(56(77)67-30-43-85-44-31-68-63(84)90-64(5,6)7)74(58(79)48-27-38-72(11)62(83)53(48)89-42-19-15-4)34-22-29-66-55(76)46-25-36-70(9)60(81)51(46)87-40-17-13-2/h24-27,35-38,49H,12-23,28-34,39-44H2,1-11H3,(H,65,75)(H,66,76)(H,67,77)(H,68,84). The highest BCUT2D eigenvalue weighted by Crippen LogP contribution is 2.23. The topological polar surface area (TPSA) is 300 Å². The van der Waals surface area contributed by atoms with Crippen molar-refractivity contribution in [1.29, 1.82) is 0 Å². The second kappa shape index (κ2) is 38.2. The van der Waals surface area contributed by atoms with Gasteiger partial charge in [0.05, 0.1) is 61.9 Å². The number of hydrogen-bond donors (Lipinski definition) is 4. The van der Waals surface area contributed by atoms with E-state index in [-0.39, 0.29) is 156 Å². The molecule has 4 heterocycles. The molecule has 0 aliphatic carbocycles. The minimum absolute atomic E-state index is 0.00307. The number of carbonyl (C=O) groups excluding carboxylic acids is 6. The van der Waals surface area contributed by atoms with Crippen LogP contribution >= 0.6 is 0 Å². The van der Waals surface area contributed by atoms with Crippen LogP contribution in [0.1, 0.15) is 167 Å². The number of carbonyl (C=O) groups is 6. The van der Waals surface area contributed by atoms with Gasteiger partial charge in [0.15, 0.2) is 23.0 Å². The Kier molecular flexibility index (Phi) is 31.4. The van der Waals surface area contributed by atoms with Crippen LogP contribution in [0.4, 0.5) is 4.79 Å². The van der Waals surface area contributed by atoms with Gasteiger partial charge in [0.25, 0.3) is 45.9 Å². The molecule has 26 nitrogen and oxygen atoms in total. The van der Waals surface area contributed by atoms with E-state index >= 15 is 4.79 Å². The molecule has 0 aromatic carbocycles. The summed E-state index contributed by atoms with van der Waals surface area (Å²) >= 11 is 0. The van der Waals surface area contributed by atoms with E-state index in [1.807, 2.05) is 27.7 Å². The average Bonchev–Trinajstić information content (AvgIpc) is 1.21. The molecular formula is C64H96N10O16. The molecule has 0 saturated carbocycles. The van der Waals surface area contributed by atoms with Gasteiger partial charge in [0.2, 0.25) is 5.91 Å². The first-order valence-electron chi connectivity index (χ1n) is 31.3. The lowest BCUT2D eigenvalue weighted by Gasteiger charge is -2.32. The molecule has 4 aromatic heterocycles. The van der Waals surface area contributed by atoms with Gasteiger partial charge in [-0.15, -0.1) is 0 Å². The van der Waals surface area contributed by atoms with Gasteiger partial charge in [0, 0.05) is 98.8 Å². The van der Waals surface area contributed by atoms with E-state index in [1.165, 1.54) is 91.2 Å². The Morgan fingerprint density at radius 3 is 1.23 bits per heavy atom. The number of ether oxygens (including phenoxy) is 6. The number of nitrogens with zero attached hydrogens (tertiary/aromatic N) is 6. The molecule has 26 heteroatoms. The molecule has 1 unspecified atom stereocenters. The van der Waals surface area contributed by atoms with Crippen LogP contribution in [-0.2, 0) is 42.5 Å². The first-order chi connectivity index (χ1) is 43.0. The van der Waals surface area contributed by atoms with E-state index in [4.69, 9.17) is 28.4 Å². The highest BCUT2D eigenvalue weighted by atomic mass is 16.6. The molecule has 0 aliphatic heterocycles. The fourth-order valence-corrected chi connectivity index (χ4v) is 9.01. The van der Waals surface area contributed by atoms with Crippen molar-refractivity contribution in [3.63, 3.8) is 0 Å². The summed E-state index contributed by atoms with van der Waals surface area (Å²) in [5.41, 5.74) is -2.91. The Balaban J connectivity index is 1.76. The summed E-state index contributed by atoms with van der Waals surface area (Å²) in [6.07, 6.45) is 10.9. The van der Waals surface area contributed by atoms with E-state index in [1.54, 1.807) is 34.9 Å². The fourth-order valence-electron chi connectivity index (χ4n) is 9.01. The van der Waals surface area contributed by atoms with Gasteiger partial charge in [0.1, 0.15) is 11.6 Å². The third kappa shape index (κ3) is 22.9. The Labute approximate surface area is 526 Å². The average molecular weight is 1260 g/mol. The van der Waals surface area contributed by atoms with E-state index in [9.17, 15) is 43.2 Å². The van der Waals surface area contributed by atoms with Crippen molar-refractivity contribution in [3.05, 3.63) is 113 Å². The number of aromatic nitrogens is 4. The van der Waals surface area contributed by atoms with Crippen molar-refractivity contribution >= 4 is 35.6 Å². The van der Waals surface area contributed by atoms with Crippen LogP contribution in [0.15, 0.2) is 68.2 Å². The van der Waals surface area contributed by atoms with Gasteiger partial charge in [-0.1, -0.05) is 53.4 Å². The summed E-state index contributed by atoms with van der Waals surface area (Å²) in [6, 6.07) is 4.56. The van der Waals surface area contributed by atoms with Crippen molar-refractivity contribution in [1.82, 2.24) is 49.3 Å². The number of nitrogens with one attached hydrogen (secondary N) is 4. The lowest BCUT2D eigenvalue weighted by molar-refractivity contribution is -0.126. The number of unbranched alkanes of at least 4 members (excludes halogenated alkanes) is 4. The monoisotopic (exact) mass is 1260 g/mol. The Bertz CT molecular complexity index is 3250. The van der Waals surface area contributed by atoms with Crippen LogP contribution in [0.5, 0.6) is 23.0 Å². The molecule has 4 rings (SSSR count). The minimum Gasteiger partial charge on any atom is -0.487 e. The van der Waals surface area contributed by atoms with Crippen LogP contribution in [0, 0.1) is 0 Å². The van der Waals surface area contributed by atoms with Crippen molar-refractivity contribution in [3.8, 4) is 23.0 Å². The van der Waals surface area contributed by atoms with Gasteiger partial charge >= 0.3 is 6.09 Å². The largest absolute Gasteiger partial charge is 0.487 e. The zero-order valence-electron chi connectivity index (χ0n) is 54.6. The first-order valence-corrected chi connectivity index (χ1v) is 31.3. The molecule has 0 radical (unpaired) electrons. The Hall–Kier alpha value is -8.42. The molecule has 0 saturated heterocycles. The third-order valence-corrected chi connectivity index (χ3v) is 14.2. The highest BCUT2D eigenvalue weighted by molar-refractivity contribution is 6.00. The van der Waals surface area contributed by atoms with Crippen LogP contribution in [-0.4, -0.2) is 161 Å². The summed E-state index contributed by atoms with van der Waals surface area (Å²) < 4.78 is 39.9. The predicted molar refractivity (Wildman–Crippen MR) is 340 cm³/mol. The summed E-state index contributed by atoms with van der Waals surface area (Å²) in [4.78, 5) is 142. The molecule has 0 bridgehead atoms. The van der Waals surface area contributed by atoms with Crippen LogP contribution in [0.3, 0.4) is 0 Å². The molecule has 90 heavy (non-hydrogen) atoms. The number of aryl methyl sites for hydroxylation is 4. The number of pyridine rings is 4. The van der Waals surface area contributed by atoms with Gasteiger partial charge in [-0.3, -0.25) is 43.2 Å². The fraction of sp³-hybridized carbons (Fsp3) is 0.594. The summed E-state index contributed by atoms with van der Waals surface area (Å²) in [5.74, 6) is -3.73. The van der Waals surface area contributed by atoms with Gasteiger partial charge < -0.3 is 77.8 Å². The maximum atomic E-state index is 15.4. The summed E-state index contributed by atoms with van der Waals surface area (Å²) in [7, 11) is 6.15. The van der Waals surface area contributed by atoms with Crippen LogP contribution in [0.25, 0.3) is 0 Å². The summed E-state index contributed by atoms with van der Waals surface area (Å²) in [5, 5.41) is 11.2. The Morgan fingerprint density at radius 2 is 0.822 bits per heavy atom. The number of amides is 6. The third-order valence-electron chi connectivity index (χ3n) is 14.2. The van der Waals surface area contributed by atoms with Crippen LogP contribution < -0.4 is 62.5 Å². The number of rotatable bonds is 40. The van der Waals surface area contributed by atoms with Gasteiger partial charge in [-0.05, 0) is 96.4 Å². The molecule has 6 amide bonds. The normalized spacial score (nSPS) is 11.5. The molecular weight excluding hydrogens is 1160 g/mol. The van der Waals surface area contributed by atoms with Gasteiger partial charge in [-0.25, -0.2) is 4.79 Å². The van der Waals surface area contributed by atoms with Crippen molar-refractivity contribution in [2.24, 2.45) is 28.2 Å². The van der Waals surface area contributed by atoms with Crippen molar-refractivity contribution in [2.45, 2.75) is 137 Å². The second-order valence-electron chi connectivity index (χ2n) is 22.7. The zero-order chi connectivity index (χ0) is 66.3. The molecule has 0 aliphatic rings. The van der Waals surface area contributed by atoms with Crippen molar-refractivity contribution < 1.29 is 57.2 Å². The quantitative estimate of drug-likeness (QED) is 0.0415. The molecule has 0 spiro atoms. The lowest BCUT2D eigenvalue weighted by Crippen LogP contribution is -2.51. The molecule has 4 aromatic rings. The molecule has 0 fully saturated rings. The number of hydrogen-bond acceptors (Lipinski definition) is 16. The SMILES string of the molecule is CCCCOc1c(C(=O)NCCCN(CCCC(C(=O)NCCOCCNC(=O)OC(C)(C)C)N(CCCNC(=O)c2ccn(C)c(=O)c2OCCCC)C(=O)c2ccn(C)c(=O)c2OCCCC)C(=O)c2ccn(C)c(=O)c2OCCCC)ccn(C)c1=O. The second-order valence-corrected chi connectivity index (χ2v) is 22.7. The molecule has 498 valence electrons. The van der Waals surface area contributed by atoms with Crippen molar-refractivity contribution in [2.75, 3.05) is 85.5 Å². The maximum absolute atomic E-state index is 15.4. The number of alkyl carbamates (subject to hydrolysis) is 1. The van der Waals surface area contributed by atoms with E-state index in [2.05, 4.69) is 21.3 Å². The molecule has 1 atom stereocenters.